The Morgan fingerprint density at radius 3 is 2.38 bits per heavy atom. The van der Waals surface area contributed by atoms with Crippen molar-refractivity contribution in [3.63, 3.8) is 0 Å². The van der Waals surface area contributed by atoms with E-state index in [1.807, 2.05) is 42.7 Å². The molecule has 1 amide bonds. The highest BCUT2D eigenvalue weighted by Crippen LogP contribution is 2.34. The van der Waals surface area contributed by atoms with E-state index in [0.29, 0.717) is 33.0 Å². The molecule has 0 fully saturated rings. The van der Waals surface area contributed by atoms with E-state index < -0.39 is 0 Å². The van der Waals surface area contributed by atoms with E-state index in [2.05, 4.69) is 5.32 Å². The maximum absolute atomic E-state index is 12.9. The van der Waals surface area contributed by atoms with E-state index in [1.165, 1.54) is 0 Å². The fraction of sp³-hybridized carbons (Fsp3) is 0.167. The summed E-state index contributed by atoms with van der Waals surface area (Å²) in [6, 6.07) is 11.0. The topological polar surface area (TPSA) is 34.0 Å². The fourth-order valence-corrected chi connectivity index (χ4v) is 3.84. The van der Waals surface area contributed by atoms with Crippen LogP contribution < -0.4 is 5.32 Å². The number of carbonyl (C=O) groups is 1. The van der Waals surface area contributed by atoms with Gasteiger partial charge >= 0.3 is 0 Å². The number of para-hydroxylation sites is 1. The lowest BCUT2D eigenvalue weighted by Crippen LogP contribution is -2.18. The molecule has 3 rings (SSSR count). The van der Waals surface area contributed by atoms with E-state index in [1.54, 1.807) is 12.1 Å². The first kappa shape index (κ1) is 17.2. The van der Waals surface area contributed by atoms with E-state index in [9.17, 15) is 4.79 Å². The predicted octanol–water partition coefficient (Wildman–Crippen LogP) is 6.18. The Morgan fingerprint density at radius 1 is 1.12 bits per heavy atom. The van der Waals surface area contributed by atoms with E-state index in [0.717, 1.165) is 16.5 Å². The van der Waals surface area contributed by atoms with E-state index in [-0.39, 0.29) is 5.91 Å². The second-order valence-corrected chi connectivity index (χ2v) is 6.68. The van der Waals surface area contributed by atoms with Crippen LogP contribution in [0.5, 0.6) is 0 Å². The van der Waals surface area contributed by atoms with Crippen LogP contribution in [0.15, 0.2) is 36.4 Å². The van der Waals surface area contributed by atoms with Gasteiger partial charge in [0.1, 0.15) is 5.69 Å². The summed E-state index contributed by atoms with van der Waals surface area (Å²) in [5.41, 5.74) is 2.91. The van der Waals surface area contributed by atoms with Gasteiger partial charge in [-0.15, -0.1) is 0 Å². The number of fused-ring (bicyclic) bond motifs is 1. The van der Waals surface area contributed by atoms with Gasteiger partial charge in [-0.1, -0.05) is 53.0 Å². The minimum Gasteiger partial charge on any atom is -0.337 e. The summed E-state index contributed by atoms with van der Waals surface area (Å²) < 4.78 is 1.98. The van der Waals surface area contributed by atoms with Crippen molar-refractivity contribution < 1.29 is 4.79 Å². The van der Waals surface area contributed by atoms with Crippen LogP contribution in [0.3, 0.4) is 0 Å². The van der Waals surface area contributed by atoms with Crippen molar-refractivity contribution in [1.82, 2.24) is 4.57 Å². The Kier molecular flexibility index (Phi) is 4.77. The third-order valence-electron chi connectivity index (χ3n) is 4.00. The van der Waals surface area contributed by atoms with Crippen LogP contribution in [0.4, 0.5) is 5.69 Å². The van der Waals surface area contributed by atoms with Gasteiger partial charge in [0.05, 0.1) is 15.7 Å². The number of aryl methyl sites for hydroxylation is 2. The highest BCUT2D eigenvalue weighted by molar-refractivity contribution is 6.42. The molecule has 1 heterocycles. The Balaban J connectivity index is 2.09. The summed E-state index contributed by atoms with van der Waals surface area (Å²) in [6.07, 6.45) is 0. The number of amides is 1. The average molecular weight is 382 g/mol. The molecule has 0 aliphatic heterocycles. The number of halogens is 3. The molecule has 24 heavy (non-hydrogen) atoms. The van der Waals surface area contributed by atoms with Gasteiger partial charge in [-0.05, 0) is 37.6 Å². The number of hydrogen-bond acceptors (Lipinski definition) is 1. The van der Waals surface area contributed by atoms with Gasteiger partial charge in [-0.25, -0.2) is 0 Å². The van der Waals surface area contributed by atoms with Crippen molar-refractivity contribution >= 4 is 57.3 Å². The number of nitrogens with zero attached hydrogens (tertiary/aromatic N) is 1. The molecule has 0 atom stereocenters. The molecule has 6 heteroatoms. The number of anilines is 1. The average Bonchev–Trinajstić information content (AvgIpc) is 2.83. The molecule has 3 aromatic rings. The number of hydrogen-bond donors (Lipinski definition) is 1. The molecule has 3 nitrogen and oxygen atoms in total. The molecule has 0 spiro atoms. The molecule has 1 aromatic heterocycles. The Hall–Kier alpha value is -1.68. The SMILES string of the molecule is CCn1c(C(=O)Nc2c(Cl)cc(Cl)cc2Cl)c(C)c2ccccc21. The highest BCUT2D eigenvalue weighted by atomic mass is 35.5. The lowest BCUT2D eigenvalue weighted by atomic mass is 10.1. The van der Waals surface area contributed by atoms with Gasteiger partial charge < -0.3 is 9.88 Å². The first-order valence-corrected chi connectivity index (χ1v) is 8.61. The van der Waals surface area contributed by atoms with Gasteiger partial charge in [-0.2, -0.15) is 0 Å². The summed E-state index contributed by atoms with van der Waals surface area (Å²) in [5, 5.41) is 4.89. The molecular weight excluding hydrogens is 367 g/mol. The summed E-state index contributed by atoms with van der Waals surface area (Å²) in [5.74, 6) is -0.253. The Bertz CT molecular complexity index is 924. The van der Waals surface area contributed by atoms with Crippen LogP contribution in [0, 0.1) is 6.92 Å². The van der Waals surface area contributed by atoms with Crippen LogP contribution in [0.2, 0.25) is 15.1 Å². The van der Waals surface area contributed by atoms with Crippen molar-refractivity contribution in [2.45, 2.75) is 20.4 Å². The number of rotatable bonds is 3. The van der Waals surface area contributed by atoms with Crippen LogP contribution in [0.1, 0.15) is 23.0 Å². The van der Waals surface area contributed by atoms with Crippen LogP contribution in [-0.2, 0) is 6.54 Å². The molecule has 0 bridgehead atoms. The minimum atomic E-state index is -0.253. The van der Waals surface area contributed by atoms with Crippen molar-refractivity contribution in [3.05, 3.63) is 62.7 Å². The smallest absolute Gasteiger partial charge is 0.272 e. The first-order valence-electron chi connectivity index (χ1n) is 7.47. The minimum absolute atomic E-state index is 0.253. The van der Waals surface area contributed by atoms with Gasteiger partial charge in [0, 0.05) is 22.5 Å². The lowest BCUT2D eigenvalue weighted by Gasteiger charge is -2.12. The standard InChI is InChI=1S/C18H15Cl3N2O/c1-3-23-15-7-5-4-6-12(15)10(2)17(23)18(24)22-16-13(20)8-11(19)9-14(16)21/h4-9H,3H2,1-2H3,(H,22,24). The summed E-state index contributed by atoms with van der Waals surface area (Å²) >= 11 is 18.3. The normalized spacial score (nSPS) is 11.0. The third-order valence-corrected chi connectivity index (χ3v) is 4.82. The quantitative estimate of drug-likeness (QED) is 0.577. The summed E-state index contributed by atoms with van der Waals surface area (Å²) in [4.78, 5) is 12.9. The highest BCUT2D eigenvalue weighted by Gasteiger charge is 2.21. The van der Waals surface area contributed by atoms with Crippen molar-refractivity contribution in [1.29, 1.82) is 0 Å². The first-order chi connectivity index (χ1) is 11.4. The third kappa shape index (κ3) is 2.88. The Morgan fingerprint density at radius 2 is 1.75 bits per heavy atom. The van der Waals surface area contributed by atoms with Gasteiger partial charge in [0.25, 0.3) is 5.91 Å². The number of aromatic nitrogens is 1. The van der Waals surface area contributed by atoms with Crippen molar-refractivity contribution in [2.24, 2.45) is 0 Å². The molecule has 0 unspecified atom stereocenters. The molecule has 2 aromatic carbocycles. The van der Waals surface area contributed by atoms with Crippen LogP contribution in [-0.4, -0.2) is 10.5 Å². The van der Waals surface area contributed by atoms with E-state index >= 15 is 0 Å². The van der Waals surface area contributed by atoms with Crippen LogP contribution in [0.25, 0.3) is 10.9 Å². The predicted molar refractivity (Wildman–Crippen MR) is 102 cm³/mol. The van der Waals surface area contributed by atoms with Crippen LogP contribution >= 0.6 is 34.8 Å². The number of carbonyl (C=O) groups excluding carboxylic acids is 1. The van der Waals surface area contributed by atoms with E-state index in [4.69, 9.17) is 34.8 Å². The molecule has 0 aliphatic rings. The maximum Gasteiger partial charge on any atom is 0.272 e. The molecule has 1 N–H and O–H groups in total. The largest absolute Gasteiger partial charge is 0.337 e. The zero-order chi connectivity index (χ0) is 17.4. The molecule has 0 aliphatic carbocycles. The second-order valence-electron chi connectivity index (χ2n) is 5.43. The molecule has 124 valence electrons. The number of benzene rings is 2. The van der Waals surface area contributed by atoms with Gasteiger partial charge in [0.2, 0.25) is 0 Å². The second kappa shape index (κ2) is 6.67. The molecular formula is C18H15Cl3N2O. The Labute approximate surface area is 155 Å². The monoisotopic (exact) mass is 380 g/mol. The lowest BCUT2D eigenvalue weighted by molar-refractivity contribution is 0.101. The molecule has 0 saturated carbocycles. The van der Waals surface area contributed by atoms with Gasteiger partial charge in [0.15, 0.2) is 0 Å². The zero-order valence-electron chi connectivity index (χ0n) is 13.2. The summed E-state index contributed by atoms with van der Waals surface area (Å²) in [6.45, 7) is 4.62. The van der Waals surface area contributed by atoms with Crippen molar-refractivity contribution in [3.8, 4) is 0 Å². The number of nitrogens with one attached hydrogen (secondary N) is 1. The molecule has 0 radical (unpaired) electrons. The summed E-state index contributed by atoms with van der Waals surface area (Å²) in [7, 11) is 0. The van der Waals surface area contributed by atoms with Gasteiger partial charge in [-0.3, -0.25) is 4.79 Å². The maximum atomic E-state index is 12.9. The molecule has 0 saturated heterocycles. The zero-order valence-corrected chi connectivity index (χ0v) is 15.4. The fourth-order valence-electron chi connectivity index (χ4n) is 2.93. The van der Waals surface area contributed by atoms with Crippen molar-refractivity contribution in [2.75, 3.05) is 5.32 Å².